The molecule has 8 heteroatoms. The third-order valence-corrected chi connectivity index (χ3v) is 6.25. The number of rotatable bonds is 2. The van der Waals surface area contributed by atoms with Crippen LogP contribution in [0.25, 0.3) is 11.0 Å². The number of carboxylic acid groups (broad SMARTS) is 1. The van der Waals surface area contributed by atoms with Gasteiger partial charge >= 0.3 is 5.97 Å². The molecule has 1 aliphatic heterocycles. The summed E-state index contributed by atoms with van der Waals surface area (Å²) in [5.41, 5.74) is 4.80. The predicted octanol–water partition coefficient (Wildman–Crippen LogP) is 2.16. The highest BCUT2D eigenvalue weighted by molar-refractivity contribution is 5.92. The first kappa shape index (κ1) is 18.9. The summed E-state index contributed by atoms with van der Waals surface area (Å²) in [5, 5.41) is 9.36. The first-order valence-electron chi connectivity index (χ1n) is 9.42. The zero-order valence-electron chi connectivity index (χ0n) is 16.5. The molecule has 7 nitrogen and oxygen atoms in total. The molecule has 2 aliphatic rings. The van der Waals surface area contributed by atoms with Crippen molar-refractivity contribution in [3.05, 3.63) is 33.9 Å². The van der Waals surface area contributed by atoms with Crippen molar-refractivity contribution in [2.45, 2.75) is 45.7 Å². The van der Waals surface area contributed by atoms with Gasteiger partial charge in [0.15, 0.2) is 11.6 Å². The van der Waals surface area contributed by atoms with Gasteiger partial charge in [-0.2, -0.15) is 0 Å². The van der Waals surface area contributed by atoms with Gasteiger partial charge in [-0.15, -0.1) is 0 Å². The molecule has 0 amide bonds. The van der Waals surface area contributed by atoms with Crippen LogP contribution < -0.4 is 16.1 Å². The quantitative estimate of drug-likeness (QED) is 0.818. The second-order valence-electron chi connectivity index (χ2n) is 9.39. The van der Waals surface area contributed by atoms with Crippen LogP contribution in [0.4, 0.5) is 10.2 Å². The Kier molecular flexibility index (Phi) is 3.88. The molecule has 0 radical (unpaired) electrons. The second kappa shape index (κ2) is 5.76. The van der Waals surface area contributed by atoms with Gasteiger partial charge in [0.2, 0.25) is 5.43 Å². The van der Waals surface area contributed by atoms with Crippen LogP contribution in [0.1, 0.15) is 44.5 Å². The molecule has 2 fully saturated rings. The van der Waals surface area contributed by atoms with Crippen molar-refractivity contribution in [2.75, 3.05) is 18.0 Å². The second-order valence-corrected chi connectivity index (χ2v) is 9.39. The Bertz CT molecular complexity index is 1060. The topological polar surface area (TPSA) is 101 Å². The number of halogens is 1. The number of aromatic carboxylic acids is 1. The van der Waals surface area contributed by atoms with E-state index in [4.69, 9.17) is 5.73 Å². The van der Waals surface area contributed by atoms with Gasteiger partial charge in [0, 0.05) is 30.9 Å². The normalized spacial score (nSPS) is 27.0. The average Bonchev–Trinajstić information content (AvgIpc) is 2.84. The summed E-state index contributed by atoms with van der Waals surface area (Å²) in [6.45, 7) is 9.08. The van der Waals surface area contributed by atoms with Crippen LogP contribution in [-0.2, 0) is 5.54 Å². The maximum absolute atomic E-state index is 15.0. The third kappa shape index (κ3) is 2.62. The molecule has 3 heterocycles. The zero-order chi connectivity index (χ0) is 20.6. The van der Waals surface area contributed by atoms with Crippen molar-refractivity contribution in [3.63, 3.8) is 0 Å². The van der Waals surface area contributed by atoms with Crippen molar-refractivity contribution in [1.29, 1.82) is 0 Å². The number of fused-ring (bicyclic) bond motifs is 2. The summed E-state index contributed by atoms with van der Waals surface area (Å²) in [4.78, 5) is 30.5. The molecule has 28 heavy (non-hydrogen) atoms. The third-order valence-electron chi connectivity index (χ3n) is 6.25. The fraction of sp³-hybridized carbons (Fsp3) is 0.550. The summed E-state index contributed by atoms with van der Waals surface area (Å²) in [6, 6.07) is 1.24. The number of hydrogen-bond acceptors (Lipinski definition) is 5. The summed E-state index contributed by atoms with van der Waals surface area (Å²) in [7, 11) is 0. The fourth-order valence-corrected chi connectivity index (χ4v) is 4.73. The highest BCUT2D eigenvalue weighted by atomic mass is 19.1. The molecule has 1 saturated heterocycles. The van der Waals surface area contributed by atoms with Gasteiger partial charge in [-0.05, 0) is 44.6 Å². The van der Waals surface area contributed by atoms with Crippen molar-refractivity contribution in [1.82, 2.24) is 9.55 Å². The van der Waals surface area contributed by atoms with Gasteiger partial charge in [-0.25, -0.2) is 14.2 Å². The number of aromatic nitrogens is 2. The monoisotopic (exact) mass is 388 g/mol. The molecule has 1 saturated carbocycles. The zero-order valence-corrected chi connectivity index (χ0v) is 16.5. The van der Waals surface area contributed by atoms with Crippen LogP contribution in [0.5, 0.6) is 0 Å². The number of carboxylic acids is 1. The maximum atomic E-state index is 15.0. The maximum Gasteiger partial charge on any atom is 0.341 e. The van der Waals surface area contributed by atoms with E-state index in [1.54, 1.807) is 4.57 Å². The lowest BCUT2D eigenvalue weighted by Crippen LogP contribution is -2.53. The van der Waals surface area contributed by atoms with Crippen molar-refractivity contribution < 1.29 is 14.3 Å². The van der Waals surface area contributed by atoms with Crippen molar-refractivity contribution in [3.8, 4) is 0 Å². The smallest absolute Gasteiger partial charge is 0.341 e. The van der Waals surface area contributed by atoms with Gasteiger partial charge in [0.25, 0.3) is 0 Å². The van der Waals surface area contributed by atoms with Gasteiger partial charge in [0.05, 0.1) is 5.39 Å². The van der Waals surface area contributed by atoms with E-state index in [1.165, 1.54) is 6.20 Å². The van der Waals surface area contributed by atoms with Gasteiger partial charge < -0.3 is 20.3 Å². The first-order valence-corrected chi connectivity index (χ1v) is 9.42. The molecule has 1 aliphatic carbocycles. The lowest BCUT2D eigenvalue weighted by atomic mass is 9.60. The number of nitrogens with zero attached hydrogens (tertiary/aromatic N) is 3. The number of anilines is 1. The Morgan fingerprint density at radius 1 is 1.43 bits per heavy atom. The highest BCUT2D eigenvalue weighted by Crippen LogP contribution is 2.51. The molecule has 3 N–H and O–H groups in total. The molecule has 3 atom stereocenters. The number of pyridine rings is 2. The summed E-state index contributed by atoms with van der Waals surface area (Å²) in [6.07, 6.45) is 2.20. The number of carbonyl (C=O) groups is 1. The van der Waals surface area contributed by atoms with Crippen LogP contribution in [0.3, 0.4) is 0 Å². The van der Waals surface area contributed by atoms with E-state index in [2.05, 4.69) is 11.9 Å². The number of nitrogens with two attached hydrogens (primary N) is 1. The van der Waals surface area contributed by atoms with Crippen LogP contribution in [0.15, 0.2) is 17.1 Å². The van der Waals surface area contributed by atoms with E-state index in [0.29, 0.717) is 19.0 Å². The molecule has 0 aromatic carbocycles. The summed E-state index contributed by atoms with van der Waals surface area (Å²) < 4.78 is 16.6. The molecular formula is C20H25FN4O3. The minimum Gasteiger partial charge on any atom is -0.477 e. The standard InChI is InChI=1S/C20H25FN4O3/c1-19(2,3)25-7-11(18(27)28)15(26)10-5-13(21)17(23-16(10)25)24-8-12-14(22)6-20(12,4)9-24/h5,7,12,14H,6,8-9,22H2,1-4H3,(H,27,28)/t12-,14-,20-/m0/s1. The van der Waals surface area contributed by atoms with Gasteiger partial charge in [-0.3, -0.25) is 4.79 Å². The molecule has 2 aromatic rings. The molecule has 0 bridgehead atoms. The summed E-state index contributed by atoms with van der Waals surface area (Å²) >= 11 is 0. The van der Waals surface area contributed by atoms with E-state index in [-0.39, 0.29) is 28.3 Å². The van der Waals surface area contributed by atoms with Crippen LogP contribution in [0, 0.1) is 17.2 Å². The van der Waals surface area contributed by atoms with Gasteiger partial charge in [0.1, 0.15) is 11.2 Å². The van der Waals surface area contributed by atoms with E-state index in [1.807, 2.05) is 25.7 Å². The predicted molar refractivity (Wildman–Crippen MR) is 104 cm³/mol. The van der Waals surface area contributed by atoms with E-state index in [0.717, 1.165) is 12.5 Å². The van der Waals surface area contributed by atoms with Crippen molar-refractivity contribution >= 4 is 22.8 Å². The first-order chi connectivity index (χ1) is 12.9. The van der Waals surface area contributed by atoms with Crippen LogP contribution in [0.2, 0.25) is 0 Å². The fourth-order valence-electron chi connectivity index (χ4n) is 4.73. The minimum absolute atomic E-state index is 0.0267. The average molecular weight is 388 g/mol. The van der Waals surface area contributed by atoms with E-state index < -0.39 is 28.3 Å². The Balaban J connectivity index is 1.92. The van der Waals surface area contributed by atoms with Gasteiger partial charge in [-0.1, -0.05) is 6.92 Å². The van der Waals surface area contributed by atoms with E-state index in [9.17, 15) is 19.1 Å². The lowest BCUT2D eigenvalue weighted by molar-refractivity contribution is 0.0694. The molecule has 2 aromatic heterocycles. The molecular weight excluding hydrogens is 363 g/mol. The molecule has 4 rings (SSSR count). The minimum atomic E-state index is -1.34. The van der Waals surface area contributed by atoms with E-state index >= 15 is 0 Å². The molecule has 0 spiro atoms. The lowest BCUT2D eigenvalue weighted by Gasteiger charge is -2.46. The number of hydrogen-bond donors (Lipinski definition) is 2. The SMILES string of the molecule is CC(C)(C)n1cc(C(=O)O)c(=O)c2cc(F)c(N3C[C@H]4[C@@H](N)C[C@@]4(C)C3)nc21. The van der Waals surface area contributed by atoms with Crippen LogP contribution in [-0.4, -0.2) is 39.8 Å². The Labute approximate surface area is 162 Å². The Hall–Kier alpha value is -2.48. The molecule has 150 valence electrons. The highest BCUT2D eigenvalue weighted by Gasteiger charge is 2.55. The summed E-state index contributed by atoms with van der Waals surface area (Å²) in [5.74, 6) is -1.47. The van der Waals surface area contributed by atoms with Crippen LogP contribution >= 0.6 is 0 Å². The Morgan fingerprint density at radius 2 is 2.11 bits per heavy atom. The Morgan fingerprint density at radius 3 is 2.64 bits per heavy atom. The van der Waals surface area contributed by atoms with Crippen molar-refractivity contribution in [2.24, 2.45) is 17.1 Å². The molecule has 0 unspecified atom stereocenters. The largest absolute Gasteiger partial charge is 0.477 e.